The fourth-order valence-corrected chi connectivity index (χ4v) is 3.94. The van der Waals surface area contributed by atoms with Gasteiger partial charge in [0.1, 0.15) is 0 Å². The molecule has 0 aromatic heterocycles. The molecule has 0 aliphatic carbocycles. The molecule has 0 fully saturated rings. The minimum Gasteiger partial charge on any atom is -0.480 e. The standard InChI is InChI=1S/C24H34N4O11/c25-9-19(29)8-17-3-1-16(2-4-17)7-18(28(14-23(36)37)15-24(38)39)10-26(11-20(30)31)5-6-27(12-21(32)33)13-22(34)35/h1-4,18H,5-15,25H2,(H,30,31)(H,32,33)(H,34,35)(H,36,37)(H,38,39)/t18-/m1/s1. The molecule has 0 aliphatic rings. The molecule has 1 rings (SSSR count). The van der Waals surface area contributed by atoms with Crippen molar-refractivity contribution in [3.63, 3.8) is 0 Å². The first-order chi connectivity index (χ1) is 18.3. The van der Waals surface area contributed by atoms with E-state index in [4.69, 9.17) is 15.9 Å². The molecule has 0 bridgehead atoms. The molecule has 1 aromatic rings. The first-order valence-electron chi connectivity index (χ1n) is 11.9. The first kappa shape index (κ1) is 33.1. The number of nitrogens with zero attached hydrogens (tertiary/aromatic N) is 3. The van der Waals surface area contributed by atoms with Crippen molar-refractivity contribution < 1.29 is 54.3 Å². The predicted octanol–water partition coefficient (Wildman–Crippen LogP) is -2.00. The Morgan fingerprint density at radius 2 is 1.05 bits per heavy atom. The molecule has 0 saturated heterocycles. The average Bonchev–Trinajstić information content (AvgIpc) is 2.81. The zero-order chi connectivity index (χ0) is 29.5. The van der Waals surface area contributed by atoms with E-state index in [0.29, 0.717) is 11.1 Å². The molecule has 0 spiro atoms. The summed E-state index contributed by atoms with van der Waals surface area (Å²) in [6, 6.07) is 5.94. The number of carboxylic acid groups (broad SMARTS) is 5. The number of Topliss-reactive ketones (excluding diaryl/α,β-unsaturated/α-hetero) is 1. The Balaban J connectivity index is 3.23. The highest BCUT2D eigenvalue weighted by Gasteiger charge is 2.27. The second-order valence-electron chi connectivity index (χ2n) is 8.91. The third-order valence-corrected chi connectivity index (χ3v) is 5.59. The second kappa shape index (κ2) is 16.8. The van der Waals surface area contributed by atoms with Gasteiger partial charge in [0.05, 0.1) is 39.3 Å². The van der Waals surface area contributed by atoms with Crippen LogP contribution in [-0.2, 0) is 41.6 Å². The van der Waals surface area contributed by atoms with E-state index in [1.165, 1.54) is 9.80 Å². The number of aliphatic carboxylic acids is 5. The molecule has 15 heteroatoms. The predicted molar refractivity (Wildman–Crippen MR) is 134 cm³/mol. The zero-order valence-corrected chi connectivity index (χ0v) is 21.3. The number of nitrogens with two attached hydrogens (primary N) is 1. The van der Waals surface area contributed by atoms with Gasteiger partial charge in [0.25, 0.3) is 0 Å². The summed E-state index contributed by atoms with van der Waals surface area (Å²) in [5.41, 5.74) is 6.70. The summed E-state index contributed by atoms with van der Waals surface area (Å²) in [5, 5.41) is 46.3. The van der Waals surface area contributed by atoms with Gasteiger partial charge in [-0.3, -0.25) is 43.5 Å². The maximum atomic E-state index is 11.6. The Kier molecular flexibility index (Phi) is 14.3. The molecule has 0 unspecified atom stereocenters. The Labute approximate surface area is 224 Å². The first-order valence-corrected chi connectivity index (χ1v) is 11.9. The lowest BCUT2D eigenvalue weighted by atomic mass is 10.0. The summed E-state index contributed by atoms with van der Waals surface area (Å²) in [4.78, 5) is 72.0. The van der Waals surface area contributed by atoms with E-state index in [1.807, 2.05) is 0 Å². The van der Waals surface area contributed by atoms with Crippen LogP contribution < -0.4 is 5.73 Å². The van der Waals surface area contributed by atoms with Gasteiger partial charge in [0, 0.05) is 32.1 Å². The second-order valence-corrected chi connectivity index (χ2v) is 8.91. The molecule has 0 radical (unpaired) electrons. The van der Waals surface area contributed by atoms with Crippen molar-refractivity contribution in [2.75, 3.05) is 58.9 Å². The number of carboxylic acids is 5. The van der Waals surface area contributed by atoms with Gasteiger partial charge in [-0.05, 0) is 17.5 Å². The van der Waals surface area contributed by atoms with Crippen LogP contribution in [0.3, 0.4) is 0 Å². The minimum atomic E-state index is -1.30. The van der Waals surface area contributed by atoms with Crippen molar-refractivity contribution in [3.05, 3.63) is 35.4 Å². The van der Waals surface area contributed by atoms with Gasteiger partial charge in [-0.1, -0.05) is 24.3 Å². The molecule has 0 amide bonds. The quantitative estimate of drug-likeness (QED) is 0.0962. The summed E-state index contributed by atoms with van der Waals surface area (Å²) in [6.45, 7) is -3.47. The van der Waals surface area contributed by atoms with Gasteiger partial charge in [0.2, 0.25) is 0 Å². The lowest BCUT2D eigenvalue weighted by Gasteiger charge is -2.34. The van der Waals surface area contributed by atoms with Gasteiger partial charge in [-0.2, -0.15) is 0 Å². The summed E-state index contributed by atoms with van der Waals surface area (Å²) >= 11 is 0. The molecule has 1 atom stereocenters. The summed E-state index contributed by atoms with van der Waals surface area (Å²) in [7, 11) is 0. The molecular weight excluding hydrogens is 520 g/mol. The van der Waals surface area contributed by atoms with Crippen LogP contribution in [0, 0.1) is 0 Å². The van der Waals surface area contributed by atoms with E-state index in [1.54, 1.807) is 24.3 Å². The van der Waals surface area contributed by atoms with Crippen LogP contribution in [0.15, 0.2) is 24.3 Å². The van der Waals surface area contributed by atoms with Crippen LogP contribution in [0.4, 0.5) is 0 Å². The third kappa shape index (κ3) is 14.6. The van der Waals surface area contributed by atoms with Gasteiger partial charge in [-0.15, -0.1) is 0 Å². The van der Waals surface area contributed by atoms with E-state index < -0.39 is 68.6 Å². The largest absolute Gasteiger partial charge is 0.480 e. The Morgan fingerprint density at radius 1 is 0.641 bits per heavy atom. The highest BCUT2D eigenvalue weighted by atomic mass is 16.4. The highest BCUT2D eigenvalue weighted by molar-refractivity contribution is 5.82. The minimum absolute atomic E-state index is 0.0858. The topological polar surface area (TPSA) is 239 Å². The number of carbonyl (C=O) groups is 6. The molecule has 0 saturated carbocycles. The van der Waals surface area contributed by atoms with Crippen molar-refractivity contribution >= 4 is 35.6 Å². The number of rotatable bonds is 21. The van der Waals surface area contributed by atoms with Crippen molar-refractivity contribution in [2.24, 2.45) is 5.73 Å². The number of benzene rings is 1. The number of ketones is 1. The number of hydrogen-bond acceptors (Lipinski definition) is 10. The van der Waals surface area contributed by atoms with Crippen LogP contribution in [0.1, 0.15) is 11.1 Å². The van der Waals surface area contributed by atoms with Crippen LogP contribution in [-0.4, -0.2) is 141 Å². The lowest BCUT2D eigenvalue weighted by Crippen LogP contribution is -2.51. The van der Waals surface area contributed by atoms with E-state index in [2.05, 4.69) is 0 Å². The van der Waals surface area contributed by atoms with Crippen molar-refractivity contribution in [1.82, 2.24) is 14.7 Å². The van der Waals surface area contributed by atoms with Gasteiger partial charge in [-0.25, -0.2) is 0 Å². The monoisotopic (exact) mass is 554 g/mol. The number of carbonyl (C=O) groups excluding carboxylic acids is 1. The maximum absolute atomic E-state index is 11.6. The van der Waals surface area contributed by atoms with Crippen LogP contribution in [0.5, 0.6) is 0 Å². The average molecular weight is 555 g/mol. The van der Waals surface area contributed by atoms with Gasteiger partial charge >= 0.3 is 29.8 Å². The SMILES string of the molecule is NCC(=O)Cc1ccc(C[C@H](CN(CCN(CC(=O)O)CC(=O)O)CC(=O)O)N(CC(=O)O)CC(=O)O)cc1. The van der Waals surface area contributed by atoms with E-state index in [0.717, 1.165) is 4.90 Å². The molecule has 15 nitrogen and oxygen atoms in total. The molecule has 0 heterocycles. The normalized spacial score (nSPS) is 12.0. The zero-order valence-electron chi connectivity index (χ0n) is 21.3. The summed E-state index contributed by atoms with van der Waals surface area (Å²) in [5.74, 6) is -6.55. The molecular formula is C24H34N4O11. The molecule has 216 valence electrons. The Hall–Kier alpha value is -3.92. The third-order valence-electron chi connectivity index (χ3n) is 5.59. The van der Waals surface area contributed by atoms with E-state index >= 15 is 0 Å². The fourth-order valence-electron chi connectivity index (χ4n) is 3.94. The summed E-state index contributed by atoms with van der Waals surface area (Å²) in [6.07, 6.45) is 0.246. The van der Waals surface area contributed by atoms with E-state index in [-0.39, 0.29) is 44.8 Å². The fraction of sp³-hybridized carbons (Fsp3) is 0.500. The van der Waals surface area contributed by atoms with Crippen LogP contribution >= 0.6 is 0 Å². The molecule has 0 aliphatic heterocycles. The summed E-state index contributed by atoms with van der Waals surface area (Å²) < 4.78 is 0. The maximum Gasteiger partial charge on any atom is 0.317 e. The molecule has 39 heavy (non-hydrogen) atoms. The Bertz CT molecular complexity index is 984. The molecule has 7 N–H and O–H groups in total. The van der Waals surface area contributed by atoms with Gasteiger partial charge < -0.3 is 31.3 Å². The van der Waals surface area contributed by atoms with Crippen LogP contribution in [0.25, 0.3) is 0 Å². The Morgan fingerprint density at radius 3 is 1.49 bits per heavy atom. The lowest BCUT2D eigenvalue weighted by molar-refractivity contribution is -0.144. The van der Waals surface area contributed by atoms with Crippen molar-refractivity contribution in [1.29, 1.82) is 0 Å². The van der Waals surface area contributed by atoms with E-state index in [9.17, 15) is 44.1 Å². The van der Waals surface area contributed by atoms with Crippen LogP contribution in [0.2, 0.25) is 0 Å². The highest BCUT2D eigenvalue weighted by Crippen LogP contribution is 2.14. The number of hydrogen-bond donors (Lipinski definition) is 6. The van der Waals surface area contributed by atoms with Gasteiger partial charge in [0.15, 0.2) is 5.78 Å². The molecule has 1 aromatic carbocycles. The van der Waals surface area contributed by atoms with Crippen molar-refractivity contribution in [2.45, 2.75) is 18.9 Å². The van der Waals surface area contributed by atoms with Crippen molar-refractivity contribution in [3.8, 4) is 0 Å². The smallest absolute Gasteiger partial charge is 0.317 e.